The molecule has 0 spiro atoms. The third-order valence-corrected chi connectivity index (χ3v) is 3.76. The molecule has 2 unspecified atom stereocenters. The molecular formula is C11H19N5O. The Morgan fingerprint density at radius 2 is 2.53 bits per heavy atom. The maximum absolute atomic E-state index is 12.1. The summed E-state index contributed by atoms with van der Waals surface area (Å²) in [7, 11) is 1.85. The summed E-state index contributed by atoms with van der Waals surface area (Å²) in [5.74, 6) is 0.763. The van der Waals surface area contributed by atoms with E-state index in [-0.39, 0.29) is 11.9 Å². The Kier molecular flexibility index (Phi) is 3.15. The Bertz CT molecular complexity index is 416. The molecule has 2 rings (SSSR count). The molecule has 6 heteroatoms. The monoisotopic (exact) mass is 237 g/mol. The average molecular weight is 237 g/mol. The van der Waals surface area contributed by atoms with Gasteiger partial charge < -0.3 is 15.6 Å². The van der Waals surface area contributed by atoms with Crippen LogP contribution in [0.5, 0.6) is 0 Å². The molecule has 3 N–H and O–H groups in total. The van der Waals surface area contributed by atoms with Gasteiger partial charge in [-0.2, -0.15) is 0 Å². The first-order valence-corrected chi connectivity index (χ1v) is 5.91. The van der Waals surface area contributed by atoms with Gasteiger partial charge in [0.1, 0.15) is 6.33 Å². The standard InChI is InChI=1S/C11H19N5O/c1-11(5-3-4-8(11)12)10(17)13-6-9-15-14-7-16(9)2/h7-8H,3-6,12H2,1-2H3,(H,13,17). The van der Waals surface area contributed by atoms with Crippen LogP contribution >= 0.6 is 0 Å². The van der Waals surface area contributed by atoms with Gasteiger partial charge >= 0.3 is 0 Å². The van der Waals surface area contributed by atoms with Crippen LogP contribution in [0.2, 0.25) is 0 Å². The average Bonchev–Trinajstić information content (AvgIpc) is 2.84. The largest absolute Gasteiger partial charge is 0.348 e. The predicted octanol–water partition coefficient (Wildman–Crippen LogP) is -0.0512. The van der Waals surface area contributed by atoms with Crippen LogP contribution in [0.1, 0.15) is 32.0 Å². The van der Waals surface area contributed by atoms with E-state index in [9.17, 15) is 4.79 Å². The van der Waals surface area contributed by atoms with Crippen LogP contribution in [0.4, 0.5) is 0 Å². The molecule has 94 valence electrons. The van der Waals surface area contributed by atoms with Crippen LogP contribution in [0.15, 0.2) is 6.33 Å². The Morgan fingerprint density at radius 3 is 3.06 bits per heavy atom. The van der Waals surface area contributed by atoms with Gasteiger partial charge in [-0.1, -0.05) is 6.42 Å². The molecule has 1 aliphatic rings. The lowest BCUT2D eigenvalue weighted by atomic mass is 9.84. The molecule has 0 aliphatic heterocycles. The van der Waals surface area contributed by atoms with Crippen molar-refractivity contribution < 1.29 is 4.79 Å². The fraction of sp³-hybridized carbons (Fsp3) is 0.727. The van der Waals surface area contributed by atoms with Crippen molar-refractivity contribution in [1.82, 2.24) is 20.1 Å². The Hall–Kier alpha value is -1.43. The summed E-state index contributed by atoms with van der Waals surface area (Å²) in [5, 5.41) is 10.6. The zero-order chi connectivity index (χ0) is 12.5. The zero-order valence-electron chi connectivity index (χ0n) is 10.3. The fourth-order valence-corrected chi connectivity index (χ4v) is 2.30. The molecule has 1 aromatic rings. The number of nitrogens with zero attached hydrogens (tertiary/aromatic N) is 3. The van der Waals surface area contributed by atoms with Crippen LogP contribution in [-0.4, -0.2) is 26.7 Å². The number of rotatable bonds is 3. The highest BCUT2D eigenvalue weighted by Crippen LogP contribution is 2.36. The molecule has 0 aromatic carbocycles. The smallest absolute Gasteiger partial charge is 0.227 e. The van der Waals surface area contributed by atoms with E-state index in [4.69, 9.17) is 5.73 Å². The number of carbonyl (C=O) groups excluding carboxylic acids is 1. The van der Waals surface area contributed by atoms with Crippen LogP contribution in [0.3, 0.4) is 0 Å². The zero-order valence-corrected chi connectivity index (χ0v) is 10.3. The SMILES string of the molecule is Cn1cnnc1CNC(=O)C1(C)CCCC1N. The van der Waals surface area contributed by atoms with Gasteiger partial charge in [-0.05, 0) is 19.8 Å². The van der Waals surface area contributed by atoms with Gasteiger partial charge in [0.15, 0.2) is 5.82 Å². The van der Waals surface area contributed by atoms with Gasteiger partial charge in [0.25, 0.3) is 0 Å². The van der Waals surface area contributed by atoms with E-state index < -0.39 is 5.41 Å². The molecule has 1 aromatic heterocycles. The molecular weight excluding hydrogens is 218 g/mol. The first-order chi connectivity index (χ1) is 8.04. The minimum absolute atomic E-state index is 0.0190. The number of aromatic nitrogens is 3. The highest BCUT2D eigenvalue weighted by Gasteiger charge is 2.42. The van der Waals surface area contributed by atoms with Crippen molar-refractivity contribution in [3.8, 4) is 0 Å². The number of hydrogen-bond acceptors (Lipinski definition) is 4. The van der Waals surface area contributed by atoms with Gasteiger partial charge in [0.05, 0.1) is 12.0 Å². The predicted molar refractivity (Wildman–Crippen MR) is 62.8 cm³/mol. The van der Waals surface area contributed by atoms with Crippen LogP contribution in [0, 0.1) is 5.41 Å². The van der Waals surface area contributed by atoms with E-state index in [2.05, 4.69) is 15.5 Å². The van der Waals surface area contributed by atoms with Crippen LogP contribution in [0.25, 0.3) is 0 Å². The van der Waals surface area contributed by atoms with Crippen molar-refractivity contribution in [2.45, 2.75) is 38.8 Å². The number of nitrogens with two attached hydrogens (primary N) is 1. The van der Waals surface area contributed by atoms with Crippen molar-refractivity contribution in [2.75, 3.05) is 0 Å². The van der Waals surface area contributed by atoms with Crippen LogP contribution < -0.4 is 11.1 Å². The van der Waals surface area contributed by atoms with E-state index in [0.29, 0.717) is 6.54 Å². The second-order valence-corrected chi connectivity index (χ2v) is 4.96. The molecule has 1 aliphatic carbocycles. The summed E-state index contributed by atoms with van der Waals surface area (Å²) in [6.07, 6.45) is 4.42. The first kappa shape index (κ1) is 12.0. The molecule has 1 heterocycles. The molecule has 6 nitrogen and oxygen atoms in total. The molecule has 1 fully saturated rings. The van der Waals surface area contributed by atoms with Gasteiger partial charge in [0.2, 0.25) is 5.91 Å². The lowest BCUT2D eigenvalue weighted by Crippen LogP contribution is -2.47. The summed E-state index contributed by atoms with van der Waals surface area (Å²) >= 11 is 0. The minimum atomic E-state index is -0.432. The number of carbonyl (C=O) groups is 1. The van der Waals surface area contributed by atoms with E-state index in [1.807, 2.05) is 14.0 Å². The molecule has 2 atom stereocenters. The molecule has 1 amide bonds. The highest BCUT2D eigenvalue weighted by atomic mass is 16.2. The van der Waals surface area contributed by atoms with E-state index >= 15 is 0 Å². The third kappa shape index (κ3) is 2.17. The number of hydrogen-bond donors (Lipinski definition) is 2. The van der Waals surface area contributed by atoms with E-state index in [0.717, 1.165) is 25.1 Å². The van der Waals surface area contributed by atoms with Crippen molar-refractivity contribution in [3.63, 3.8) is 0 Å². The van der Waals surface area contributed by atoms with Crippen molar-refractivity contribution >= 4 is 5.91 Å². The quantitative estimate of drug-likeness (QED) is 0.771. The molecule has 17 heavy (non-hydrogen) atoms. The lowest BCUT2D eigenvalue weighted by molar-refractivity contribution is -0.130. The lowest BCUT2D eigenvalue weighted by Gasteiger charge is -2.27. The maximum atomic E-state index is 12.1. The maximum Gasteiger partial charge on any atom is 0.227 e. The van der Waals surface area contributed by atoms with Crippen molar-refractivity contribution in [3.05, 3.63) is 12.2 Å². The number of aryl methyl sites for hydroxylation is 1. The second-order valence-electron chi connectivity index (χ2n) is 4.96. The van der Waals surface area contributed by atoms with E-state index in [1.54, 1.807) is 10.9 Å². The summed E-state index contributed by atoms with van der Waals surface area (Å²) in [5.41, 5.74) is 5.57. The first-order valence-electron chi connectivity index (χ1n) is 5.91. The summed E-state index contributed by atoms with van der Waals surface area (Å²) < 4.78 is 1.79. The molecule has 1 saturated carbocycles. The Morgan fingerprint density at radius 1 is 1.76 bits per heavy atom. The van der Waals surface area contributed by atoms with Crippen molar-refractivity contribution in [1.29, 1.82) is 0 Å². The van der Waals surface area contributed by atoms with E-state index in [1.165, 1.54) is 0 Å². The third-order valence-electron chi connectivity index (χ3n) is 3.76. The topological polar surface area (TPSA) is 85.8 Å². The Balaban J connectivity index is 1.96. The number of amides is 1. The summed E-state index contributed by atoms with van der Waals surface area (Å²) in [6, 6.07) is -0.0398. The second kappa shape index (κ2) is 4.44. The minimum Gasteiger partial charge on any atom is -0.348 e. The molecule has 0 radical (unpaired) electrons. The van der Waals surface area contributed by atoms with Crippen molar-refractivity contribution in [2.24, 2.45) is 18.2 Å². The van der Waals surface area contributed by atoms with Gasteiger partial charge in [-0.3, -0.25) is 4.79 Å². The fourth-order valence-electron chi connectivity index (χ4n) is 2.30. The normalized spacial score (nSPS) is 28.3. The Labute approximate surface area is 101 Å². The summed E-state index contributed by atoms with van der Waals surface area (Å²) in [6.45, 7) is 2.34. The summed E-state index contributed by atoms with van der Waals surface area (Å²) in [4.78, 5) is 12.1. The molecule has 0 bridgehead atoms. The van der Waals surface area contributed by atoms with Crippen LogP contribution in [-0.2, 0) is 18.4 Å². The molecule has 0 saturated heterocycles. The number of nitrogens with one attached hydrogen (secondary N) is 1. The van der Waals surface area contributed by atoms with Gasteiger partial charge in [0, 0.05) is 13.1 Å². The van der Waals surface area contributed by atoms with Gasteiger partial charge in [-0.25, -0.2) is 0 Å². The van der Waals surface area contributed by atoms with Gasteiger partial charge in [-0.15, -0.1) is 10.2 Å². The highest BCUT2D eigenvalue weighted by molar-refractivity contribution is 5.83.